The lowest BCUT2D eigenvalue weighted by atomic mass is 10.3. The number of ether oxygens (including phenoxy) is 1. The molecule has 1 aromatic carbocycles. The molecule has 0 bridgehead atoms. The maximum Gasteiger partial charge on any atom is 0.235 e. The number of benzene rings is 1. The summed E-state index contributed by atoms with van der Waals surface area (Å²) in [5.74, 6) is -2.88. The van der Waals surface area contributed by atoms with Crippen molar-refractivity contribution in [2.75, 3.05) is 37.8 Å². The van der Waals surface area contributed by atoms with E-state index >= 15 is 0 Å². The molecule has 1 fully saturated rings. The van der Waals surface area contributed by atoms with Crippen molar-refractivity contribution >= 4 is 22.4 Å². The second-order valence-corrected chi connectivity index (χ2v) is 5.68. The monoisotopic (exact) mass is 304 g/mol. The van der Waals surface area contributed by atoms with Gasteiger partial charge in [0.1, 0.15) is 22.3 Å². The van der Waals surface area contributed by atoms with E-state index in [-0.39, 0.29) is 5.69 Å². The Kier molecular flexibility index (Phi) is 4.66. The average molecular weight is 304 g/mol. The maximum absolute atomic E-state index is 13.6. The van der Waals surface area contributed by atoms with Crippen molar-refractivity contribution in [1.82, 2.24) is 4.90 Å². The molecule has 1 heterocycles. The van der Waals surface area contributed by atoms with Crippen LogP contribution in [-0.4, -0.2) is 47.1 Å². The third kappa shape index (κ3) is 3.31. The Morgan fingerprint density at radius 2 is 1.85 bits per heavy atom. The van der Waals surface area contributed by atoms with Gasteiger partial charge in [-0.15, -0.1) is 0 Å². The van der Waals surface area contributed by atoms with Gasteiger partial charge in [-0.05, 0) is 12.1 Å². The van der Waals surface area contributed by atoms with Crippen molar-refractivity contribution in [1.29, 1.82) is 0 Å². The number of hydrogen-bond acceptors (Lipinski definition) is 4. The van der Waals surface area contributed by atoms with Gasteiger partial charge in [0.05, 0.1) is 24.0 Å². The number of nitrogen functional groups attached to an aromatic ring is 1. The first-order valence-electron chi connectivity index (χ1n) is 5.97. The van der Waals surface area contributed by atoms with Crippen LogP contribution in [0.3, 0.4) is 0 Å². The molecule has 1 aliphatic rings. The minimum atomic E-state index is -2.08. The maximum atomic E-state index is 13.6. The first kappa shape index (κ1) is 14.9. The molecule has 1 atom stereocenters. The highest BCUT2D eigenvalue weighted by molar-refractivity contribution is 7.85. The van der Waals surface area contributed by atoms with Gasteiger partial charge in [-0.2, -0.15) is 0 Å². The van der Waals surface area contributed by atoms with E-state index in [9.17, 15) is 17.8 Å². The molecule has 0 aromatic heterocycles. The van der Waals surface area contributed by atoms with Crippen molar-refractivity contribution < 1.29 is 22.5 Å². The topological polar surface area (TPSA) is 72.6 Å². The molecular weight excluding hydrogens is 290 g/mol. The standard InChI is InChI=1S/C12H14F2N2O3S/c13-9-5-8(15)6-10(14)12(9)20(18)7-11(17)16-1-3-19-4-2-16/h5-6H,1-4,7,15H2. The number of rotatable bonds is 3. The number of hydrogen-bond donors (Lipinski definition) is 1. The molecule has 1 aromatic rings. The normalized spacial score (nSPS) is 17.0. The molecule has 5 nitrogen and oxygen atoms in total. The molecule has 1 amide bonds. The van der Waals surface area contributed by atoms with Crippen LogP contribution in [0.4, 0.5) is 14.5 Å². The lowest BCUT2D eigenvalue weighted by Crippen LogP contribution is -2.42. The Morgan fingerprint density at radius 1 is 1.30 bits per heavy atom. The van der Waals surface area contributed by atoms with Gasteiger partial charge in [0.15, 0.2) is 0 Å². The van der Waals surface area contributed by atoms with Gasteiger partial charge in [-0.1, -0.05) is 0 Å². The Bertz CT molecular complexity index is 524. The van der Waals surface area contributed by atoms with Crippen LogP contribution in [0.15, 0.2) is 17.0 Å². The molecule has 0 saturated carbocycles. The van der Waals surface area contributed by atoms with Crippen LogP contribution in [0.2, 0.25) is 0 Å². The van der Waals surface area contributed by atoms with Gasteiger partial charge < -0.3 is 15.4 Å². The quantitative estimate of drug-likeness (QED) is 0.826. The minimum absolute atomic E-state index is 0.0970. The summed E-state index contributed by atoms with van der Waals surface area (Å²) in [5, 5.41) is 0. The van der Waals surface area contributed by atoms with E-state index in [0.717, 1.165) is 12.1 Å². The van der Waals surface area contributed by atoms with Crippen molar-refractivity contribution in [3.8, 4) is 0 Å². The second-order valence-electron chi connectivity index (χ2n) is 4.30. The highest BCUT2D eigenvalue weighted by Crippen LogP contribution is 2.20. The number of morpholine rings is 1. The fourth-order valence-electron chi connectivity index (χ4n) is 1.89. The van der Waals surface area contributed by atoms with Crippen LogP contribution in [-0.2, 0) is 20.3 Å². The minimum Gasteiger partial charge on any atom is -0.399 e. The van der Waals surface area contributed by atoms with Gasteiger partial charge in [0.2, 0.25) is 5.91 Å². The van der Waals surface area contributed by atoms with Crippen LogP contribution in [0, 0.1) is 11.6 Å². The first-order chi connectivity index (χ1) is 9.49. The van der Waals surface area contributed by atoms with Gasteiger partial charge >= 0.3 is 0 Å². The smallest absolute Gasteiger partial charge is 0.235 e. The summed E-state index contributed by atoms with van der Waals surface area (Å²) >= 11 is 0. The van der Waals surface area contributed by atoms with E-state index in [2.05, 4.69) is 0 Å². The third-order valence-electron chi connectivity index (χ3n) is 2.87. The van der Waals surface area contributed by atoms with E-state index in [1.54, 1.807) is 0 Å². The Morgan fingerprint density at radius 3 is 2.40 bits per heavy atom. The van der Waals surface area contributed by atoms with E-state index in [1.165, 1.54) is 4.90 Å². The zero-order chi connectivity index (χ0) is 14.7. The largest absolute Gasteiger partial charge is 0.399 e. The van der Waals surface area contributed by atoms with Crippen LogP contribution < -0.4 is 5.73 Å². The fourth-order valence-corrected chi connectivity index (χ4v) is 2.99. The van der Waals surface area contributed by atoms with Crippen LogP contribution in [0.5, 0.6) is 0 Å². The molecule has 1 saturated heterocycles. The SMILES string of the molecule is Nc1cc(F)c(S(=O)CC(=O)N2CCOCC2)c(F)c1. The molecule has 1 aliphatic heterocycles. The van der Waals surface area contributed by atoms with Crippen molar-refractivity contribution in [2.24, 2.45) is 0 Å². The molecule has 0 radical (unpaired) electrons. The van der Waals surface area contributed by atoms with Crippen molar-refractivity contribution in [2.45, 2.75) is 4.90 Å². The molecular formula is C12H14F2N2O3S. The highest BCUT2D eigenvalue weighted by Gasteiger charge is 2.23. The summed E-state index contributed by atoms with van der Waals surface area (Å²) in [5.41, 5.74) is 5.18. The van der Waals surface area contributed by atoms with Gasteiger partial charge in [-0.3, -0.25) is 9.00 Å². The predicted molar refractivity (Wildman–Crippen MR) is 69.4 cm³/mol. The zero-order valence-electron chi connectivity index (χ0n) is 10.6. The van der Waals surface area contributed by atoms with E-state index in [4.69, 9.17) is 10.5 Å². The van der Waals surface area contributed by atoms with Gasteiger partial charge in [-0.25, -0.2) is 8.78 Å². The Hall–Kier alpha value is -1.54. The lowest BCUT2D eigenvalue weighted by Gasteiger charge is -2.26. The van der Waals surface area contributed by atoms with E-state index in [1.807, 2.05) is 0 Å². The zero-order valence-corrected chi connectivity index (χ0v) is 11.4. The molecule has 1 unspecified atom stereocenters. The lowest BCUT2D eigenvalue weighted by molar-refractivity contribution is -0.132. The molecule has 2 N–H and O–H groups in total. The highest BCUT2D eigenvalue weighted by atomic mass is 32.2. The number of halogens is 2. The summed E-state index contributed by atoms with van der Waals surface area (Å²) in [6.07, 6.45) is 0. The number of amides is 1. The summed E-state index contributed by atoms with van der Waals surface area (Å²) in [6.45, 7) is 1.59. The van der Waals surface area contributed by atoms with Crippen LogP contribution >= 0.6 is 0 Å². The average Bonchev–Trinajstić information content (AvgIpc) is 2.38. The van der Waals surface area contributed by atoms with Crippen molar-refractivity contribution in [3.63, 3.8) is 0 Å². The van der Waals surface area contributed by atoms with E-state index in [0.29, 0.717) is 26.3 Å². The fraction of sp³-hybridized carbons (Fsp3) is 0.417. The summed E-state index contributed by atoms with van der Waals surface area (Å²) < 4.78 is 44.2. The van der Waals surface area contributed by atoms with E-state index < -0.39 is 39.0 Å². The molecule has 2 rings (SSSR count). The Labute approximate surface area is 117 Å². The first-order valence-corrected chi connectivity index (χ1v) is 7.29. The molecule has 110 valence electrons. The van der Waals surface area contributed by atoms with Crippen molar-refractivity contribution in [3.05, 3.63) is 23.8 Å². The predicted octanol–water partition coefficient (Wildman–Crippen LogP) is 0.513. The molecule has 0 spiro atoms. The molecule has 8 heteroatoms. The molecule has 0 aliphatic carbocycles. The second kappa shape index (κ2) is 6.27. The Balaban J connectivity index is 2.10. The number of anilines is 1. The summed E-state index contributed by atoms with van der Waals surface area (Å²) in [7, 11) is -2.08. The number of nitrogens with zero attached hydrogens (tertiary/aromatic N) is 1. The van der Waals surface area contributed by atoms with Gasteiger partial charge in [0.25, 0.3) is 0 Å². The molecule has 20 heavy (non-hydrogen) atoms. The number of carbonyl (C=O) groups is 1. The van der Waals surface area contributed by atoms with Crippen LogP contribution in [0.1, 0.15) is 0 Å². The summed E-state index contributed by atoms with van der Waals surface area (Å²) in [4.78, 5) is 12.7. The number of carbonyl (C=O) groups excluding carboxylic acids is 1. The number of nitrogens with two attached hydrogens (primary N) is 1. The van der Waals surface area contributed by atoms with Crippen LogP contribution in [0.25, 0.3) is 0 Å². The third-order valence-corrected chi connectivity index (χ3v) is 4.22. The summed E-state index contributed by atoms with van der Waals surface area (Å²) in [6, 6.07) is 1.77. The van der Waals surface area contributed by atoms with Gasteiger partial charge in [0, 0.05) is 18.8 Å².